The predicted molar refractivity (Wildman–Crippen MR) is 122 cm³/mol. The van der Waals surface area contributed by atoms with E-state index in [9.17, 15) is 9.59 Å². The first-order valence-corrected chi connectivity index (χ1v) is 11.0. The van der Waals surface area contributed by atoms with Gasteiger partial charge in [-0.25, -0.2) is 4.98 Å². The number of anilines is 1. The van der Waals surface area contributed by atoms with Crippen LogP contribution in [0.1, 0.15) is 29.6 Å². The highest BCUT2D eigenvalue weighted by Crippen LogP contribution is 2.22. The van der Waals surface area contributed by atoms with Crippen molar-refractivity contribution >= 4 is 17.5 Å². The van der Waals surface area contributed by atoms with Crippen LogP contribution in [-0.4, -0.2) is 46.0 Å². The monoisotopic (exact) mass is 432 g/mol. The lowest BCUT2D eigenvalue weighted by Gasteiger charge is -2.32. The fourth-order valence-corrected chi connectivity index (χ4v) is 3.82. The van der Waals surface area contributed by atoms with Crippen LogP contribution < -0.4 is 10.1 Å². The van der Waals surface area contributed by atoms with Gasteiger partial charge in [-0.05, 0) is 49.1 Å². The van der Waals surface area contributed by atoms with E-state index >= 15 is 0 Å². The number of imidazole rings is 1. The smallest absolute Gasteiger partial charge is 0.253 e. The van der Waals surface area contributed by atoms with Crippen molar-refractivity contribution in [3.8, 4) is 5.75 Å². The Morgan fingerprint density at radius 2 is 1.88 bits per heavy atom. The van der Waals surface area contributed by atoms with E-state index in [1.807, 2.05) is 46.0 Å². The number of carbonyl (C=O) groups is 2. The minimum absolute atomic E-state index is 0.00180. The Hall–Kier alpha value is -3.61. The Kier molecular flexibility index (Phi) is 7.17. The Morgan fingerprint density at radius 1 is 1.06 bits per heavy atom. The number of aromatic nitrogens is 2. The standard InChI is InChI=1S/C25H28N4O3/c30-24(11-13-28-16-12-26-19-28)27-22-6-4-5-21(17-22)25(31)29-14-9-20(10-15-29)18-32-23-7-2-1-3-8-23/h1-8,12,16-17,19-20H,9-11,13-15,18H2,(H,27,30). The minimum Gasteiger partial charge on any atom is -0.493 e. The van der Waals surface area contributed by atoms with E-state index in [1.165, 1.54) is 0 Å². The quantitative estimate of drug-likeness (QED) is 0.587. The molecule has 0 radical (unpaired) electrons. The number of rotatable bonds is 8. The molecule has 2 aromatic carbocycles. The summed E-state index contributed by atoms with van der Waals surface area (Å²) in [7, 11) is 0. The molecule has 32 heavy (non-hydrogen) atoms. The van der Waals surface area contributed by atoms with Crippen molar-refractivity contribution in [2.45, 2.75) is 25.8 Å². The van der Waals surface area contributed by atoms with E-state index in [-0.39, 0.29) is 11.8 Å². The SMILES string of the molecule is O=C(CCn1ccnc1)Nc1cccc(C(=O)N2CCC(COc3ccccc3)CC2)c1. The summed E-state index contributed by atoms with van der Waals surface area (Å²) in [6, 6.07) is 17.0. The fourth-order valence-electron chi connectivity index (χ4n) is 3.82. The molecule has 0 spiro atoms. The molecular formula is C25H28N4O3. The zero-order valence-corrected chi connectivity index (χ0v) is 18.0. The maximum absolute atomic E-state index is 13.0. The number of benzene rings is 2. The van der Waals surface area contributed by atoms with Gasteiger partial charge in [0, 0.05) is 49.7 Å². The molecule has 0 saturated carbocycles. The number of amides is 2. The number of nitrogens with one attached hydrogen (secondary N) is 1. The van der Waals surface area contributed by atoms with Crippen LogP contribution in [0, 0.1) is 5.92 Å². The predicted octanol–water partition coefficient (Wildman–Crippen LogP) is 3.84. The van der Waals surface area contributed by atoms with Gasteiger partial charge in [0.05, 0.1) is 12.9 Å². The molecule has 2 amide bonds. The second kappa shape index (κ2) is 10.6. The van der Waals surface area contributed by atoms with Gasteiger partial charge in [0.25, 0.3) is 5.91 Å². The van der Waals surface area contributed by atoms with E-state index in [1.54, 1.807) is 36.8 Å². The molecule has 3 aromatic rings. The van der Waals surface area contributed by atoms with E-state index in [4.69, 9.17) is 4.74 Å². The van der Waals surface area contributed by atoms with Gasteiger partial charge in [0.15, 0.2) is 0 Å². The topological polar surface area (TPSA) is 76.5 Å². The molecule has 7 heteroatoms. The molecule has 0 unspecified atom stereocenters. The van der Waals surface area contributed by atoms with E-state index in [2.05, 4.69) is 10.3 Å². The lowest BCUT2D eigenvalue weighted by Crippen LogP contribution is -2.39. The van der Waals surface area contributed by atoms with Gasteiger partial charge in [0.1, 0.15) is 5.75 Å². The van der Waals surface area contributed by atoms with Gasteiger partial charge in [-0.1, -0.05) is 24.3 Å². The van der Waals surface area contributed by atoms with E-state index in [0.29, 0.717) is 49.8 Å². The summed E-state index contributed by atoms with van der Waals surface area (Å²) in [5.74, 6) is 1.24. The average molecular weight is 433 g/mol. The van der Waals surface area contributed by atoms with Crippen molar-refractivity contribution in [3.63, 3.8) is 0 Å². The zero-order valence-electron chi connectivity index (χ0n) is 18.0. The second-order valence-corrected chi connectivity index (χ2v) is 8.04. The van der Waals surface area contributed by atoms with Gasteiger partial charge in [0.2, 0.25) is 5.91 Å². The normalized spacial score (nSPS) is 14.2. The molecule has 0 bridgehead atoms. The van der Waals surface area contributed by atoms with Crippen LogP contribution >= 0.6 is 0 Å². The molecular weight excluding hydrogens is 404 g/mol. The Balaban J connectivity index is 1.25. The molecule has 1 aliphatic heterocycles. The summed E-state index contributed by atoms with van der Waals surface area (Å²) in [4.78, 5) is 31.1. The summed E-state index contributed by atoms with van der Waals surface area (Å²) in [5, 5.41) is 2.88. The lowest BCUT2D eigenvalue weighted by atomic mass is 9.97. The molecule has 1 aliphatic rings. The largest absolute Gasteiger partial charge is 0.493 e. The Labute approximate surface area is 188 Å². The number of hydrogen-bond acceptors (Lipinski definition) is 4. The van der Waals surface area contributed by atoms with Gasteiger partial charge in [-0.2, -0.15) is 0 Å². The Bertz CT molecular complexity index is 1010. The lowest BCUT2D eigenvalue weighted by molar-refractivity contribution is -0.116. The number of nitrogens with zero attached hydrogens (tertiary/aromatic N) is 3. The van der Waals surface area contributed by atoms with Crippen molar-refractivity contribution in [2.24, 2.45) is 5.92 Å². The summed E-state index contributed by atoms with van der Waals surface area (Å²) in [6.07, 6.45) is 7.37. The van der Waals surface area contributed by atoms with E-state index in [0.717, 1.165) is 18.6 Å². The van der Waals surface area contributed by atoms with Crippen LogP contribution in [0.15, 0.2) is 73.3 Å². The highest BCUT2D eigenvalue weighted by atomic mass is 16.5. The third-order valence-corrected chi connectivity index (χ3v) is 5.68. The third kappa shape index (κ3) is 5.97. The van der Waals surface area contributed by atoms with Crippen molar-refractivity contribution in [3.05, 3.63) is 78.9 Å². The molecule has 1 N–H and O–H groups in total. The molecule has 1 aromatic heterocycles. The summed E-state index contributed by atoms with van der Waals surface area (Å²) < 4.78 is 7.73. The van der Waals surface area contributed by atoms with Gasteiger partial charge >= 0.3 is 0 Å². The zero-order chi connectivity index (χ0) is 22.2. The highest BCUT2D eigenvalue weighted by Gasteiger charge is 2.24. The summed E-state index contributed by atoms with van der Waals surface area (Å²) in [6.45, 7) is 2.66. The van der Waals surface area contributed by atoms with Crippen molar-refractivity contribution < 1.29 is 14.3 Å². The number of ether oxygens (including phenoxy) is 1. The molecule has 4 rings (SSSR count). The second-order valence-electron chi connectivity index (χ2n) is 8.04. The van der Waals surface area contributed by atoms with Crippen molar-refractivity contribution in [2.75, 3.05) is 25.0 Å². The van der Waals surface area contributed by atoms with Crippen LogP contribution in [0.25, 0.3) is 0 Å². The Morgan fingerprint density at radius 3 is 2.62 bits per heavy atom. The molecule has 0 atom stereocenters. The van der Waals surface area contributed by atoms with E-state index < -0.39 is 0 Å². The van der Waals surface area contributed by atoms with Crippen LogP contribution in [0.3, 0.4) is 0 Å². The maximum Gasteiger partial charge on any atom is 0.253 e. The average Bonchev–Trinajstić information content (AvgIpc) is 3.36. The first kappa shape index (κ1) is 21.6. The molecule has 7 nitrogen and oxygen atoms in total. The van der Waals surface area contributed by atoms with Crippen molar-refractivity contribution in [1.82, 2.24) is 14.5 Å². The number of likely N-dealkylation sites (tertiary alicyclic amines) is 1. The van der Waals surface area contributed by atoms with Crippen LogP contribution in [0.5, 0.6) is 5.75 Å². The van der Waals surface area contributed by atoms with Gasteiger partial charge in [-0.15, -0.1) is 0 Å². The number of para-hydroxylation sites is 1. The molecule has 2 heterocycles. The third-order valence-electron chi connectivity index (χ3n) is 5.68. The molecule has 0 aliphatic carbocycles. The highest BCUT2D eigenvalue weighted by molar-refractivity contribution is 5.97. The number of hydrogen-bond donors (Lipinski definition) is 1. The minimum atomic E-state index is -0.0949. The number of piperidine rings is 1. The molecule has 1 saturated heterocycles. The number of carbonyl (C=O) groups excluding carboxylic acids is 2. The van der Waals surface area contributed by atoms with Gasteiger partial charge in [-0.3, -0.25) is 9.59 Å². The van der Waals surface area contributed by atoms with Crippen LogP contribution in [0.4, 0.5) is 5.69 Å². The van der Waals surface area contributed by atoms with Gasteiger partial charge < -0.3 is 19.5 Å². The van der Waals surface area contributed by atoms with Crippen molar-refractivity contribution in [1.29, 1.82) is 0 Å². The summed E-state index contributed by atoms with van der Waals surface area (Å²) in [5.41, 5.74) is 1.23. The maximum atomic E-state index is 13.0. The first-order valence-electron chi connectivity index (χ1n) is 11.0. The summed E-state index contributed by atoms with van der Waals surface area (Å²) >= 11 is 0. The van der Waals surface area contributed by atoms with Crippen LogP contribution in [0.2, 0.25) is 0 Å². The van der Waals surface area contributed by atoms with Crippen LogP contribution in [-0.2, 0) is 11.3 Å². The number of aryl methyl sites for hydroxylation is 1. The fraction of sp³-hybridized carbons (Fsp3) is 0.320. The first-order chi connectivity index (χ1) is 15.7. The molecule has 166 valence electrons. The molecule has 1 fully saturated rings.